The summed E-state index contributed by atoms with van der Waals surface area (Å²) >= 11 is 1.76. The van der Waals surface area contributed by atoms with Gasteiger partial charge in [-0.2, -0.15) is 5.26 Å². The SMILES string of the molecule is CCCCCSC(C)(C#N)c1ccccc1. The Morgan fingerprint density at radius 1 is 1.25 bits per heavy atom. The summed E-state index contributed by atoms with van der Waals surface area (Å²) in [7, 11) is 0. The minimum Gasteiger partial charge on any atom is -0.196 e. The highest BCUT2D eigenvalue weighted by atomic mass is 32.2. The maximum atomic E-state index is 9.32. The summed E-state index contributed by atoms with van der Waals surface area (Å²) in [5.74, 6) is 1.06. The Morgan fingerprint density at radius 2 is 1.94 bits per heavy atom. The molecule has 0 N–H and O–H groups in total. The van der Waals surface area contributed by atoms with E-state index >= 15 is 0 Å². The van der Waals surface area contributed by atoms with Crippen molar-refractivity contribution in [2.75, 3.05) is 5.75 Å². The second-order valence-electron chi connectivity index (χ2n) is 4.07. The fourth-order valence-corrected chi connectivity index (χ4v) is 2.69. The summed E-state index contributed by atoms with van der Waals surface area (Å²) in [6.45, 7) is 4.21. The quantitative estimate of drug-likeness (QED) is 0.682. The molecule has 0 saturated heterocycles. The number of nitrogens with zero attached hydrogens (tertiary/aromatic N) is 1. The van der Waals surface area contributed by atoms with Crippen LogP contribution in [0.5, 0.6) is 0 Å². The molecule has 0 aliphatic rings. The molecule has 1 aromatic carbocycles. The number of nitriles is 1. The fraction of sp³-hybridized carbons (Fsp3) is 0.500. The van der Waals surface area contributed by atoms with E-state index in [-0.39, 0.29) is 0 Å². The highest BCUT2D eigenvalue weighted by Gasteiger charge is 2.26. The van der Waals surface area contributed by atoms with Gasteiger partial charge in [-0.15, -0.1) is 11.8 Å². The molecule has 0 saturated carbocycles. The van der Waals surface area contributed by atoms with Crippen LogP contribution in [-0.2, 0) is 4.75 Å². The number of hydrogen-bond acceptors (Lipinski definition) is 2. The first-order valence-electron chi connectivity index (χ1n) is 5.83. The third-order valence-corrected chi connectivity index (χ3v) is 4.07. The van der Waals surface area contributed by atoms with E-state index in [0.717, 1.165) is 11.3 Å². The lowest BCUT2D eigenvalue weighted by atomic mass is 10.0. The average Bonchev–Trinajstić information content (AvgIpc) is 2.35. The molecule has 16 heavy (non-hydrogen) atoms. The lowest BCUT2D eigenvalue weighted by Crippen LogP contribution is -2.15. The Balaban J connectivity index is 2.61. The van der Waals surface area contributed by atoms with Gasteiger partial charge in [0.15, 0.2) is 0 Å². The van der Waals surface area contributed by atoms with Gasteiger partial charge in [0.05, 0.1) is 6.07 Å². The summed E-state index contributed by atoms with van der Waals surface area (Å²) in [5, 5.41) is 9.32. The normalized spacial score (nSPS) is 14.1. The molecule has 0 aliphatic carbocycles. The van der Waals surface area contributed by atoms with Gasteiger partial charge in [-0.05, 0) is 24.7 Å². The number of rotatable bonds is 6. The molecule has 0 fully saturated rings. The lowest BCUT2D eigenvalue weighted by Gasteiger charge is -2.21. The van der Waals surface area contributed by atoms with Crippen LogP contribution >= 0.6 is 11.8 Å². The smallest absolute Gasteiger partial charge is 0.125 e. The van der Waals surface area contributed by atoms with Gasteiger partial charge in [0.25, 0.3) is 0 Å². The van der Waals surface area contributed by atoms with Gasteiger partial charge < -0.3 is 0 Å². The molecular weight excluding hydrogens is 214 g/mol. The van der Waals surface area contributed by atoms with Gasteiger partial charge in [-0.1, -0.05) is 50.1 Å². The molecular formula is C14H19NS. The van der Waals surface area contributed by atoms with Crippen molar-refractivity contribution in [3.63, 3.8) is 0 Å². The van der Waals surface area contributed by atoms with Gasteiger partial charge in [-0.3, -0.25) is 0 Å². The summed E-state index contributed by atoms with van der Waals surface area (Å²) in [4.78, 5) is 0. The van der Waals surface area contributed by atoms with Crippen molar-refractivity contribution >= 4 is 11.8 Å². The zero-order chi connectivity index (χ0) is 11.9. The van der Waals surface area contributed by atoms with Gasteiger partial charge in [0, 0.05) is 0 Å². The van der Waals surface area contributed by atoms with Crippen LogP contribution in [0.25, 0.3) is 0 Å². The summed E-state index contributed by atoms with van der Waals surface area (Å²) in [6, 6.07) is 12.5. The molecule has 86 valence electrons. The van der Waals surface area contributed by atoms with E-state index in [1.807, 2.05) is 37.3 Å². The van der Waals surface area contributed by atoms with Crippen LogP contribution in [0.2, 0.25) is 0 Å². The van der Waals surface area contributed by atoms with E-state index in [0.29, 0.717) is 0 Å². The first kappa shape index (κ1) is 13.1. The highest BCUT2D eigenvalue weighted by Crippen LogP contribution is 2.35. The van der Waals surface area contributed by atoms with Gasteiger partial charge in [-0.25, -0.2) is 0 Å². The first-order valence-corrected chi connectivity index (χ1v) is 6.82. The molecule has 1 nitrogen and oxygen atoms in total. The maximum Gasteiger partial charge on any atom is 0.125 e. The molecule has 1 unspecified atom stereocenters. The molecule has 1 aromatic rings. The van der Waals surface area contributed by atoms with Crippen LogP contribution in [-0.4, -0.2) is 5.75 Å². The molecule has 1 atom stereocenters. The summed E-state index contributed by atoms with van der Waals surface area (Å²) in [6.07, 6.45) is 3.68. The molecule has 0 radical (unpaired) electrons. The third kappa shape index (κ3) is 3.57. The second kappa shape index (κ2) is 6.60. The van der Waals surface area contributed by atoms with Gasteiger partial charge >= 0.3 is 0 Å². The van der Waals surface area contributed by atoms with Crippen LogP contribution in [0.4, 0.5) is 0 Å². The van der Waals surface area contributed by atoms with Crippen molar-refractivity contribution < 1.29 is 0 Å². The average molecular weight is 233 g/mol. The predicted octanol–water partition coefficient (Wildman–Crippen LogP) is 4.35. The van der Waals surface area contributed by atoms with Crippen LogP contribution in [0.3, 0.4) is 0 Å². The summed E-state index contributed by atoms with van der Waals surface area (Å²) in [5.41, 5.74) is 1.11. The van der Waals surface area contributed by atoms with Crippen molar-refractivity contribution in [2.24, 2.45) is 0 Å². The molecule has 1 rings (SSSR count). The molecule has 0 amide bonds. The Hall–Kier alpha value is -0.940. The molecule has 0 bridgehead atoms. The van der Waals surface area contributed by atoms with Crippen LogP contribution in [0.15, 0.2) is 30.3 Å². The van der Waals surface area contributed by atoms with E-state index in [2.05, 4.69) is 13.0 Å². The topological polar surface area (TPSA) is 23.8 Å². The Labute approximate surface area is 103 Å². The fourth-order valence-electron chi connectivity index (χ4n) is 1.56. The monoisotopic (exact) mass is 233 g/mol. The maximum absolute atomic E-state index is 9.32. The lowest BCUT2D eigenvalue weighted by molar-refractivity contribution is 0.773. The Kier molecular flexibility index (Phi) is 5.42. The molecule has 0 heterocycles. The van der Waals surface area contributed by atoms with E-state index in [1.54, 1.807) is 11.8 Å². The third-order valence-electron chi connectivity index (χ3n) is 2.68. The van der Waals surface area contributed by atoms with Crippen molar-refractivity contribution in [1.29, 1.82) is 5.26 Å². The Bertz CT molecular complexity index is 342. The standard InChI is InChI=1S/C14H19NS/c1-3-4-8-11-16-14(2,12-15)13-9-6-5-7-10-13/h5-7,9-10H,3-4,8,11H2,1-2H3. The zero-order valence-electron chi connectivity index (χ0n) is 10.1. The van der Waals surface area contributed by atoms with E-state index in [1.165, 1.54) is 19.3 Å². The molecule has 0 spiro atoms. The second-order valence-corrected chi connectivity index (χ2v) is 5.58. The van der Waals surface area contributed by atoms with E-state index in [9.17, 15) is 5.26 Å². The highest BCUT2D eigenvalue weighted by molar-refractivity contribution is 8.00. The van der Waals surface area contributed by atoms with Crippen molar-refractivity contribution in [2.45, 2.75) is 37.9 Å². The molecule has 0 aromatic heterocycles. The zero-order valence-corrected chi connectivity index (χ0v) is 10.9. The minimum absolute atomic E-state index is 0.394. The Morgan fingerprint density at radius 3 is 2.50 bits per heavy atom. The van der Waals surface area contributed by atoms with Crippen LogP contribution in [0.1, 0.15) is 38.7 Å². The number of hydrogen-bond donors (Lipinski definition) is 0. The molecule has 0 aliphatic heterocycles. The van der Waals surface area contributed by atoms with E-state index in [4.69, 9.17) is 0 Å². The van der Waals surface area contributed by atoms with Gasteiger partial charge in [0.1, 0.15) is 4.75 Å². The van der Waals surface area contributed by atoms with Crippen molar-refractivity contribution in [3.8, 4) is 6.07 Å². The number of unbranched alkanes of at least 4 members (excludes halogenated alkanes) is 2. The number of benzene rings is 1. The van der Waals surface area contributed by atoms with Gasteiger partial charge in [0.2, 0.25) is 0 Å². The van der Waals surface area contributed by atoms with Crippen LogP contribution in [0, 0.1) is 11.3 Å². The molecule has 2 heteroatoms. The van der Waals surface area contributed by atoms with Crippen molar-refractivity contribution in [3.05, 3.63) is 35.9 Å². The minimum atomic E-state index is -0.394. The summed E-state index contributed by atoms with van der Waals surface area (Å²) < 4.78 is -0.394. The first-order chi connectivity index (χ1) is 7.73. The van der Waals surface area contributed by atoms with Crippen molar-refractivity contribution in [1.82, 2.24) is 0 Å². The largest absolute Gasteiger partial charge is 0.196 e. The predicted molar refractivity (Wildman–Crippen MR) is 71.4 cm³/mol. The number of thioether (sulfide) groups is 1. The van der Waals surface area contributed by atoms with Crippen LogP contribution < -0.4 is 0 Å². The van der Waals surface area contributed by atoms with E-state index < -0.39 is 4.75 Å².